The van der Waals surface area contributed by atoms with Gasteiger partial charge in [-0.3, -0.25) is 9.89 Å². The summed E-state index contributed by atoms with van der Waals surface area (Å²) in [6, 6.07) is 10.8. The molecule has 28 heavy (non-hydrogen) atoms. The fourth-order valence-electron chi connectivity index (χ4n) is 3.85. The first-order chi connectivity index (χ1) is 13.2. The van der Waals surface area contributed by atoms with Crippen LogP contribution in [0.3, 0.4) is 0 Å². The maximum Gasteiger partial charge on any atom is 0.191 e. The largest absolute Gasteiger partial charge is 0.369 e. The number of para-hydroxylation sites is 1. The van der Waals surface area contributed by atoms with Gasteiger partial charge < -0.3 is 15.5 Å². The van der Waals surface area contributed by atoms with Crippen molar-refractivity contribution in [3.05, 3.63) is 30.3 Å². The van der Waals surface area contributed by atoms with Crippen molar-refractivity contribution >= 4 is 47.4 Å². The minimum absolute atomic E-state index is 0. The van der Waals surface area contributed by atoms with Gasteiger partial charge in [0.15, 0.2) is 5.96 Å². The van der Waals surface area contributed by atoms with Gasteiger partial charge in [-0.1, -0.05) is 18.2 Å². The average molecular weight is 518 g/mol. The molecule has 2 aliphatic rings. The Hall–Kier alpha value is -0.670. The van der Waals surface area contributed by atoms with E-state index in [1.807, 2.05) is 7.05 Å². The molecule has 2 heterocycles. The lowest BCUT2D eigenvalue weighted by molar-refractivity contribution is 0.255. The second-order valence-corrected chi connectivity index (χ2v) is 9.45. The summed E-state index contributed by atoms with van der Waals surface area (Å²) in [5, 5.41) is 6.99. The number of thioether (sulfide) groups is 1. The van der Waals surface area contributed by atoms with E-state index < -0.39 is 0 Å². The van der Waals surface area contributed by atoms with Crippen molar-refractivity contribution in [2.75, 3.05) is 63.5 Å². The van der Waals surface area contributed by atoms with Crippen LogP contribution in [-0.2, 0) is 0 Å². The first-order valence-electron chi connectivity index (χ1n) is 10.3. The molecular formula is C21H36IN5S. The molecule has 1 unspecified atom stereocenters. The summed E-state index contributed by atoms with van der Waals surface area (Å²) in [5.41, 5.74) is 1.35. The van der Waals surface area contributed by atoms with Gasteiger partial charge in [0.1, 0.15) is 0 Å². The number of nitrogens with one attached hydrogen (secondary N) is 2. The van der Waals surface area contributed by atoms with Crippen molar-refractivity contribution < 1.29 is 0 Å². The van der Waals surface area contributed by atoms with Gasteiger partial charge in [-0.2, -0.15) is 11.8 Å². The van der Waals surface area contributed by atoms with Gasteiger partial charge >= 0.3 is 0 Å². The fraction of sp³-hybridized carbons (Fsp3) is 0.667. The van der Waals surface area contributed by atoms with Crippen molar-refractivity contribution in [3.8, 4) is 0 Å². The number of guanidine groups is 1. The van der Waals surface area contributed by atoms with Crippen molar-refractivity contribution in [1.82, 2.24) is 15.5 Å². The van der Waals surface area contributed by atoms with Crippen molar-refractivity contribution in [2.24, 2.45) is 4.99 Å². The average Bonchev–Trinajstić information content (AvgIpc) is 3.15. The predicted octanol–water partition coefficient (Wildman–Crippen LogP) is 3.27. The zero-order chi connectivity index (χ0) is 19.0. The van der Waals surface area contributed by atoms with Gasteiger partial charge in [0.05, 0.1) is 0 Å². The van der Waals surface area contributed by atoms with Crippen LogP contribution in [0.25, 0.3) is 0 Å². The third-order valence-corrected chi connectivity index (χ3v) is 7.13. The van der Waals surface area contributed by atoms with Gasteiger partial charge in [-0.15, -0.1) is 24.0 Å². The third-order valence-electron chi connectivity index (χ3n) is 5.59. The van der Waals surface area contributed by atoms with Gasteiger partial charge in [0.2, 0.25) is 0 Å². The van der Waals surface area contributed by atoms with Crippen LogP contribution in [0, 0.1) is 0 Å². The number of benzene rings is 1. The number of rotatable bonds is 7. The topological polar surface area (TPSA) is 42.9 Å². The number of hydrogen-bond donors (Lipinski definition) is 2. The normalized spacial score (nSPS) is 23.4. The van der Waals surface area contributed by atoms with E-state index >= 15 is 0 Å². The summed E-state index contributed by atoms with van der Waals surface area (Å²) >= 11 is 2.09. The minimum Gasteiger partial charge on any atom is -0.369 e. The molecule has 0 aromatic heterocycles. The van der Waals surface area contributed by atoms with E-state index in [0.717, 1.165) is 58.2 Å². The summed E-state index contributed by atoms with van der Waals surface area (Å²) in [6.07, 6.45) is 3.79. The van der Waals surface area contributed by atoms with E-state index in [1.54, 1.807) is 0 Å². The van der Waals surface area contributed by atoms with Crippen LogP contribution in [0.2, 0.25) is 0 Å². The molecule has 2 aliphatic heterocycles. The molecule has 2 saturated heterocycles. The minimum atomic E-state index is 0. The highest BCUT2D eigenvalue weighted by Crippen LogP contribution is 2.36. The zero-order valence-corrected chi connectivity index (χ0v) is 20.5. The number of aliphatic imine (C=N–C) groups is 1. The van der Waals surface area contributed by atoms with E-state index in [-0.39, 0.29) is 24.0 Å². The Bertz CT molecular complexity index is 584. The Morgan fingerprint density at radius 1 is 1.14 bits per heavy atom. The SMILES string of the molecule is CN=C(NCCCN1CCN(c2ccccc2)CC1)NCC1(C)CCCS1.I. The van der Waals surface area contributed by atoms with Crippen LogP contribution in [0.15, 0.2) is 35.3 Å². The molecule has 0 saturated carbocycles. The molecule has 1 aromatic rings. The number of piperazine rings is 1. The number of hydrogen-bond acceptors (Lipinski definition) is 4. The molecule has 0 spiro atoms. The molecule has 2 N–H and O–H groups in total. The summed E-state index contributed by atoms with van der Waals surface area (Å²) in [6.45, 7) is 10.0. The quantitative estimate of drug-likeness (QED) is 0.252. The Balaban J connectivity index is 0.00000280. The lowest BCUT2D eigenvalue weighted by Crippen LogP contribution is -2.47. The van der Waals surface area contributed by atoms with Crippen LogP contribution < -0.4 is 15.5 Å². The van der Waals surface area contributed by atoms with Gasteiger partial charge in [-0.25, -0.2) is 0 Å². The predicted molar refractivity (Wildman–Crippen MR) is 135 cm³/mol. The molecule has 1 atom stereocenters. The summed E-state index contributed by atoms with van der Waals surface area (Å²) in [4.78, 5) is 9.44. The Labute approximate surface area is 192 Å². The number of nitrogens with zero attached hydrogens (tertiary/aromatic N) is 3. The molecule has 0 bridgehead atoms. The maximum absolute atomic E-state index is 4.37. The van der Waals surface area contributed by atoms with E-state index in [2.05, 4.69) is 74.4 Å². The van der Waals surface area contributed by atoms with Crippen LogP contribution in [-0.4, -0.2) is 74.2 Å². The molecule has 0 amide bonds. The van der Waals surface area contributed by atoms with E-state index in [0.29, 0.717) is 4.75 Å². The lowest BCUT2D eigenvalue weighted by atomic mass is 10.1. The monoisotopic (exact) mass is 517 g/mol. The summed E-state index contributed by atoms with van der Waals surface area (Å²) in [7, 11) is 1.86. The lowest BCUT2D eigenvalue weighted by Gasteiger charge is -2.36. The summed E-state index contributed by atoms with van der Waals surface area (Å²) in [5.74, 6) is 2.24. The molecule has 0 radical (unpaired) electrons. The smallest absolute Gasteiger partial charge is 0.191 e. The Kier molecular flexibility index (Phi) is 10.2. The molecule has 7 heteroatoms. The first kappa shape index (κ1) is 23.6. The van der Waals surface area contributed by atoms with E-state index in [1.165, 1.54) is 24.3 Å². The Morgan fingerprint density at radius 3 is 2.54 bits per heavy atom. The first-order valence-corrected chi connectivity index (χ1v) is 11.3. The van der Waals surface area contributed by atoms with E-state index in [9.17, 15) is 0 Å². The fourth-order valence-corrected chi connectivity index (χ4v) is 5.09. The van der Waals surface area contributed by atoms with Crippen molar-refractivity contribution in [2.45, 2.75) is 30.9 Å². The molecule has 3 rings (SSSR count). The standard InChI is InChI=1S/C21H35N5S.HI/c1-21(10-6-17-27-21)18-24-20(22-2)23-11-7-12-25-13-15-26(16-14-25)19-8-4-3-5-9-19;/h3-5,8-9H,6-7,10-18H2,1-2H3,(H2,22,23,24);1H. The molecule has 1 aromatic carbocycles. The second-order valence-electron chi connectivity index (χ2n) is 7.77. The van der Waals surface area contributed by atoms with Gasteiger partial charge in [-0.05, 0) is 50.6 Å². The van der Waals surface area contributed by atoms with Crippen LogP contribution >= 0.6 is 35.7 Å². The van der Waals surface area contributed by atoms with Crippen LogP contribution in [0.4, 0.5) is 5.69 Å². The highest BCUT2D eigenvalue weighted by atomic mass is 127. The van der Waals surface area contributed by atoms with Crippen molar-refractivity contribution in [1.29, 1.82) is 0 Å². The molecule has 0 aliphatic carbocycles. The molecule has 158 valence electrons. The van der Waals surface area contributed by atoms with Crippen LogP contribution in [0.5, 0.6) is 0 Å². The maximum atomic E-state index is 4.37. The van der Waals surface area contributed by atoms with Crippen molar-refractivity contribution in [3.63, 3.8) is 0 Å². The van der Waals surface area contributed by atoms with Crippen LogP contribution in [0.1, 0.15) is 26.2 Å². The summed E-state index contributed by atoms with van der Waals surface area (Å²) < 4.78 is 0.371. The number of anilines is 1. The zero-order valence-electron chi connectivity index (χ0n) is 17.3. The van der Waals surface area contributed by atoms with Gasteiger partial charge in [0, 0.05) is 56.8 Å². The Morgan fingerprint density at radius 2 is 1.89 bits per heavy atom. The molecule has 5 nitrogen and oxygen atoms in total. The number of halogens is 1. The highest BCUT2D eigenvalue weighted by Gasteiger charge is 2.29. The van der Waals surface area contributed by atoms with Gasteiger partial charge in [0.25, 0.3) is 0 Å². The highest BCUT2D eigenvalue weighted by molar-refractivity contribution is 14.0. The molecular weight excluding hydrogens is 481 g/mol. The second kappa shape index (κ2) is 12.1. The van der Waals surface area contributed by atoms with E-state index in [4.69, 9.17) is 0 Å². The third kappa shape index (κ3) is 7.30. The molecule has 2 fully saturated rings.